The summed E-state index contributed by atoms with van der Waals surface area (Å²) in [6.07, 6.45) is 0. The molecule has 0 bridgehead atoms. The Labute approximate surface area is 93.1 Å². The third kappa shape index (κ3) is 1.50. The van der Waals surface area contributed by atoms with E-state index < -0.39 is 6.04 Å². The highest BCUT2D eigenvalue weighted by Gasteiger charge is 2.17. The number of benzene rings is 1. The van der Waals surface area contributed by atoms with Gasteiger partial charge < -0.3 is 16.0 Å². The fourth-order valence-corrected chi connectivity index (χ4v) is 1.85. The van der Waals surface area contributed by atoms with Crippen LogP contribution in [0.3, 0.4) is 0 Å². The summed E-state index contributed by atoms with van der Waals surface area (Å²) in [5.41, 5.74) is 13.3. The van der Waals surface area contributed by atoms with Crippen molar-refractivity contribution in [2.45, 2.75) is 19.9 Å². The molecule has 0 fully saturated rings. The van der Waals surface area contributed by atoms with Crippen molar-refractivity contribution in [1.82, 2.24) is 9.55 Å². The molecule has 1 aromatic heterocycles. The van der Waals surface area contributed by atoms with Gasteiger partial charge in [-0.15, -0.1) is 0 Å². The third-order valence-corrected chi connectivity index (χ3v) is 2.69. The van der Waals surface area contributed by atoms with Crippen LogP contribution in [0.5, 0.6) is 0 Å². The molecule has 2 aromatic rings. The highest BCUT2D eigenvalue weighted by molar-refractivity contribution is 5.84. The van der Waals surface area contributed by atoms with Gasteiger partial charge in [-0.05, 0) is 32.0 Å². The van der Waals surface area contributed by atoms with E-state index in [4.69, 9.17) is 11.5 Å². The van der Waals surface area contributed by atoms with Crippen molar-refractivity contribution in [2.24, 2.45) is 5.73 Å². The standard InChI is InChI=1S/C11H14N4O/c1-6(11(13)16)15-7(2)14-9-5-8(12)3-4-10(9)15/h3-6H,12H2,1-2H3,(H2,13,16). The van der Waals surface area contributed by atoms with Crippen LogP contribution in [-0.2, 0) is 4.79 Å². The SMILES string of the molecule is Cc1nc2cc(N)ccc2n1C(C)C(N)=O. The summed E-state index contributed by atoms with van der Waals surface area (Å²) in [6.45, 7) is 3.60. The van der Waals surface area contributed by atoms with E-state index in [2.05, 4.69) is 4.98 Å². The van der Waals surface area contributed by atoms with E-state index in [0.717, 1.165) is 16.9 Å². The number of hydrogen-bond donors (Lipinski definition) is 2. The summed E-state index contributed by atoms with van der Waals surface area (Å²) >= 11 is 0. The number of fused-ring (bicyclic) bond motifs is 1. The van der Waals surface area contributed by atoms with Crippen molar-refractivity contribution < 1.29 is 4.79 Å². The number of primary amides is 1. The van der Waals surface area contributed by atoms with Gasteiger partial charge in [-0.25, -0.2) is 4.98 Å². The van der Waals surface area contributed by atoms with Gasteiger partial charge in [0.2, 0.25) is 5.91 Å². The second-order valence-electron chi connectivity index (χ2n) is 3.86. The van der Waals surface area contributed by atoms with Crippen molar-refractivity contribution in [3.8, 4) is 0 Å². The second-order valence-corrected chi connectivity index (χ2v) is 3.86. The van der Waals surface area contributed by atoms with E-state index in [0.29, 0.717) is 5.69 Å². The summed E-state index contributed by atoms with van der Waals surface area (Å²) < 4.78 is 1.82. The molecule has 1 unspecified atom stereocenters. The Morgan fingerprint density at radius 2 is 2.19 bits per heavy atom. The second kappa shape index (κ2) is 3.52. The van der Waals surface area contributed by atoms with Crippen LogP contribution in [0.4, 0.5) is 5.69 Å². The van der Waals surface area contributed by atoms with Crippen molar-refractivity contribution >= 4 is 22.6 Å². The molecule has 1 heterocycles. The van der Waals surface area contributed by atoms with Crippen molar-refractivity contribution in [3.05, 3.63) is 24.0 Å². The van der Waals surface area contributed by atoms with E-state index in [1.807, 2.05) is 17.6 Å². The largest absolute Gasteiger partial charge is 0.399 e. The number of amides is 1. The Kier molecular flexibility index (Phi) is 2.30. The number of aryl methyl sites for hydroxylation is 1. The molecule has 5 nitrogen and oxygen atoms in total. The van der Waals surface area contributed by atoms with Crippen LogP contribution in [0.1, 0.15) is 18.8 Å². The van der Waals surface area contributed by atoms with Crippen LogP contribution in [0.15, 0.2) is 18.2 Å². The van der Waals surface area contributed by atoms with Crippen LogP contribution >= 0.6 is 0 Å². The van der Waals surface area contributed by atoms with E-state index in [9.17, 15) is 4.79 Å². The maximum atomic E-state index is 11.2. The third-order valence-electron chi connectivity index (χ3n) is 2.69. The smallest absolute Gasteiger partial charge is 0.240 e. The van der Waals surface area contributed by atoms with Crippen molar-refractivity contribution in [3.63, 3.8) is 0 Å². The topological polar surface area (TPSA) is 86.9 Å². The Hall–Kier alpha value is -2.04. The van der Waals surface area contributed by atoms with Gasteiger partial charge >= 0.3 is 0 Å². The number of carbonyl (C=O) groups excluding carboxylic acids is 1. The molecular formula is C11H14N4O. The maximum Gasteiger partial charge on any atom is 0.240 e. The number of nitrogen functional groups attached to an aromatic ring is 1. The number of nitrogens with two attached hydrogens (primary N) is 2. The molecule has 5 heteroatoms. The molecule has 1 aromatic carbocycles. The minimum atomic E-state index is -0.409. The first-order chi connectivity index (χ1) is 7.50. The van der Waals surface area contributed by atoms with Crippen molar-refractivity contribution in [2.75, 3.05) is 5.73 Å². The number of anilines is 1. The summed E-state index contributed by atoms with van der Waals surface area (Å²) in [7, 11) is 0. The molecule has 0 aliphatic heterocycles. The zero-order chi connectivity index (χ0) is 11.9. The zero-order valence-corrected chi connectivity index (χ0v) is 9.27. The molecule has 1 atom stereocenters. The zero-order valence-electron chi connectivity index (χ0n) is 9.27. The van der Waals surface area contributed by atoms with Gasteiger partial charge in [0, 0.05) is 5.69 Å². The van der Waals surface area contributed by atoms with Gasteiger partial charge in [-0.3, -0.25) is 4.79 Å². The molecule has 1 amide bonds. The fourth-order valence-electron chi connectivity index (χ4n) is 1.85. The maximum absolute atomic E-state index is 11.2. The minimum absolute atomic E-state index is 0.376. The molecule has 4 N–H and O–H groups in total. The minimum Gasteiger partial charge on any atom is -0.399 e. The lowest BCUT2D eigenvalue weighted by molar-refractivity contribution is -0.120. The number of aromatic nitrogens is 2. The molecule has 0 saturated carbocycles. The van der Waals surface area contributed by atoms with Gasteiger partial charge in [0.05, 0.1) is 11.0 Å². The average molecular weight is 218 g/mol. The highest BCUT2D eigenvalue weighted by atomic mass is 16.1. The van der Waals surface area contributed by atoms with E-state index in [1.165, 1.54) is 0 Å². The molecule has 0 spiro atoms. The summed E-state index contributed by atoms with van der Waals surface area (Å²) in [6, 6.07) is 5.01. The first-order valence-corrected chi connectivity index (χ1v) is 5.04. The van der Waals surface area contributed by atoms with E-state index in [1.54, 1.807) is 19.1 Å². The predicted molar refractivity (Wildman–Crippen MR) is 62.8 cm³/mol. The Bertz CT molecular complexity index is 558. The molecular weight excluding hydrogens is 204 g/mol. The quantitative estimate of drug-likeness (QED) is 0.736. The first kappa shape index (κ1) is 10.5. The average Bonchev–Trinajstić information content (AvgIpc) is 2.51. The van der Waals surface area contributed by atoms with E-state index in [-0.39, 0.29) is 5.91 Å². The molecule has 2 rings (SSSR count). The molecule has 84 valence electrons. The first-order valence-electron chi connectivity index (χ1n) is 5.04. The van der Waals surface area contributed by atoms with Crippen LogP contribution in [0.2, 0.25) is 0 Å². The number of carbonyl (C=O) groups is 1. The van der Waals surface area contributed by atoms with Gasteiger partial charge in [0.1, 0.15) is 11.9 Å². The molecule has 0 aliphatic carbocycles. The van der Waals surface area contributed by atoms with Gasteiger partial charge in [0.25, 0.3) is 0 Å². The Morgan fingerprint density at radius 3 is 2.81 bits per heavy atom. The Morgan fingerprint density at radius 1 is 1.50 bits per heavy atom. The number of rotatable bonds is 2. The van der Waals surface area contributed by atoms with Gasteiger partial charge in [-0.2, -0.15) is 0 Å². The normalized spacial score (nSPS) is 12.9. The lowest BCUT2D eigenvalue weighted by Crippen LogP contribution is -2.24. The molecule has 0 aliphatic rings. The predicted octanol–water partition coefficient (Wildman–Crippen LogP) is 0.973. The van der Waals surface area contributed by atoms with Crippen LogP contribution in [0.25, 0.3) is 11.0 Å². The lowest BCUT2D eigenvalue weighted by Gasteiger charge is -2.12. The van der Waals surface area contributed by atoms with E-state index >= 15 is 0 Å². The van der Waals surface area contributed by atoms with Gasteiger partial charge in [-0.1, -0.05) is 0 Å². The summed E-state index contributed by atoms with van der Waals surface area (Å²) in [4.78, 5) is 15.6. The highest BCUT2D eigenvalue weighted by Crippen LogP contribution is 2.22. The molecule has 16 heavy (non-hydrogen) atoms. The molecule has 0 saturated heterocycles. The van der Waals surface area contributed by atoms with Crippen LogP contribution in [-0.4, -0.2) is 15.5 Å². The van der Waals surface area contributed by atoms with Crippen LogP contribution < -0.4 is 11.5 Å². The van der Waals surface area contributed by atoms with Gasteiger partial charge in [0.15, 0.2) is 0 Å². The fraction of sp³-hybridized carbons (Fsp3) is 0.273. The summed E-state index contributed by atoms with van der Waals surface area (Å²) in [5.74, 6) is 0.381. The molecule has 0 radical (unpaired) electrons. The number of nitrogens with zero attached hydrogens (tertiary/aromatic N) is 2. The number of imidazole rings is 1. The van der Waals surface area contributed by atoms with Crippen LogP contribution in [0, 0.1) is 6.92 Å². The number of hydrogen-bond acceptors (Lipinski definition) is 3. The monoisotopic (exact) mass is 218 g/mol. The Balaban J connectivity index is 2.69. The lowest BCUT2D eigenvalue weighted by atomic mass is 10.2. The summed E-state index contributed by atoms with van der Waals surface area (Å²) in [5, 5.41) is 0. The van der Waals surface area contributed by atoms with Crippen molar-refractivity contribution in [1.29, 1.82) is 0 Å².